The second-order valence-corrected chi connectivity index (χ2v) is 9.91. The predicted molar refractivity (Wildman–Crippen MR) is 136 cm³/mol. The van der Waals surface area contributed by atoms with Crippen molar-refractivity contribution < 1.29 is 17.9 Å². The van der Waals surface area contributed by atoms with Crippen LogP contribution in [-0.2, 0) is 15.8 Å². The largest absolute Gasteiger partial charge is 0.493 e. The van der Waals surface area contributed by atoms with Crippen LogP contribution in [0.5, 0.6) is 11.5 Å². The van der Waals surface area contributed by atoms with Crippen molar-refractivity contribution in [2.24, 2.45) is 0 Å². The van der Waals surface area contributed by atoms with E-state index in [1.54, 1.807) is 31.4 Å². The molecule has 1 unspecified atom stereocenters. The summed E-state index contributed by atoms with van der Waals surface area (Å²) in [7, 11) is -2.08. The first-order valence-electron chi connectivity index (χ1n) is 11.3. The first-order valence-corrected chi connectivity index (χ1v) is 12.9. The van der Waals surface area contributed by atoms with Crippen LogP contribution in [0, 0.1) is 11.3 Å². The van der Waals surface area contributed by atoms with Crippen molar-refractivity contribution in [3.63, 3.8) is 0 Å². The van der Waals surface area contributed by atoms with Crippen molar-refractivity contribution in [1.29, 1.82) is 5.26 Å². The number of sulfonamides is 1. The van der Waals surface area contributed by atoms with E-state index in [0.717, 1.165) is 22.0 Å². The quantitative estimate of drug-likeness (QED) is 0.336. The molecule has 2 N–H and O–H groups in total. The maximum absolute atomic E-state index is 13.0. The fourth-order valence-corrected chi connectivity index (χ4v) is 5.32. The van der Waals surface area contributed by atoms with E-state index in [4.69, 9.17) is 14.7 Å². The Morgan fingerprint density at radius 3 is 2.66 bits per heavy atom. The molecule has 35 heavy (non-hydrogen) atoms. The highest BCUT2D eigenvalue weighted by Crippen LogP contribution is 2.36. The number of aromatic nitrogens is 1. The lowest BCUT2D eigenvalue weighted by molar-refractivity contribution is 0.310. The zero-order valence-corrected chi connectivity index (χ0v) is 20.4. The molecule has 7 nitrogen and oxygen atoms in total. The van der Waals surface area contributed by atoms with Crippen LogP contribution < -0.4 is 14.2 Å². The lowest BCUT2D eigenvalue weighted by atomic mass is 9.91. The number of fused-ring (bicyclic) bond motifs is 1. The SMILES string of the molecule is CCOc1ccc(C(CNS(=O)(=O)Cc2cccc(C#N)c2)c2c[nH]c3ccccc23)cc1OC. The average molecular weight is 490 g/mol. The van der Waals surface area contributed by atoms with Crippen LogP contribution in [0.4, 0.5) is 0 Å². The highest BCUT2D eigenvalue weighted by atomic mass is 32.2. The summed E-state index contributed by atoms with van der Waals surface area (Å²) in [5, 5.41) is 10.1. The Morgan fingerprint density at radius 1 is 1.06 bits per heavy atom. The Hall–Kier alpha value is -3.80. The van der Waals surface area contributed by atoms with Gasteiger partial charge in [-0.2, -0.15) is 5.26 Å². The van der Waals surface area contributed by atoms with Gasteiger partial charge in [0.1, 0.15) is 0 Å². The van der Waals surface area contributed by atoms with E-state index in [-0.39, 0.29) is 18.2 Å². The molecule has 0 spiro atoms. The minimum absolute atomic E-state index is 0.152. The summed E-state index contributed by atoms with van der Waals surface area (Å²) in [6, 6.07) is 22.3. The summed E-state index contributed by atoms with van der Waals surface area (Å²) >= 11 is 0. The number of aromatic amines is 1. The van der Waals surface area contributed by atoms with Gasteiger partial charge in [0.05, 0.1) is 31.1 Å². The molecule has 0 saturated heterocycles. The van der Waals surface area contributed by atoms with Gasteiger partial charge in [-0.25, -0.2) is 13.1 Å². The van der Waals surface area contributed by atoms with E-state index in [1.807, 2.05) is 61.7 Å². The molecule has 0 radical (unpaired) electrons. The fourth-order valence-electron chi connectivity index (χ4n) is 4.18. The minimum Gasteiger partial charge on any atom is -0.493 e. The van der Waals surface area contributed by atoms with Gasteiger partial charge in [-0.3, -0.25) is 0 Å². The van der Waals surface area contributed by atoms with E-state index < -0.39 is 10.0 Å². The number of ether oxygens (including phenoxy) is 2. The van der Waals surface area contributed by atoms with E-state index in [1.165, 1.54) is 0 Å². The number of hydrogen-bond donors (Lipinski definition) is 2. The van der Waals surface area contributed by atoms with Gasteiger partial charge in [0.2, 0.25) is 10.0 Å². The van der Waals surface area contributed by atoms with Gasteiger partial charge in [0, 0.05) is 29.6 Å². The highest BCUT2D eigenvalue weighted by Gasteiger charge is 2.23. The molecule has 4 aromatic rings. The van der Waals surface area contributed by atoms with Crippen molar-refractivity contribution >= 4 is 20.9 Å². The number of methoxy groups -OCH3 is 1. The lowest BCUT2D eigenvalue weighted by Gasteiger charge is -2.20. The van der Waals surface area contributed by atoms with Gasteiger partial charge in [-0.1, -0.05) is 36.4 Å². The van der Waals surface area contributed by atoms with E-state index >= 15 is 0 Å². The number of para-hydroxylation sites is 1. The average Bonchev–Trinajstić information content (AvgIpc) is 3.29. The van der Waals surface area contributed by atoms with Crippen molar-refractivity contribution in [1.82, 2.24) is 9.71 Å². The van der Waals surface area contributed by atoms with E-state index in [2.05, 4.69) is 9.71 Å². The zero-order chi connectivity index (χ0) is 24.8. The van der Waals surface area contributed by atoms with E-state index in [0.29, 0.717) is 29.2 Å². The number of rotatable bonds is 10. The molecule has 0 bridgehead atoms. The van der Waals surface area contributed by atoms with Crippen LogP contribution in [0.25, 0.3) is 10.9 Å². The smallest absolute Gasteiger partial charge is 0.215 e. The molecule has 1 atom stereocenters. The molecular formula is C27H27N3O4S. The summed E-state index contributed by atoms with van der Waals surface area (Å²) in [5.41, 5.74) is 3.82. The molecule has 4 rings (SSSR count). The van der Waals surface area contributed by atoms with Gasteiger partial charge in [0.25, 0.3) is 0 Å². The Balaban J connectivity index is 1.67. The third-order valence-corrected chi connectivity index (χ3v) is 7.13. The first kappa shape index (κ1) is 24.3. The van der Waals surface area contributed by atoms with Crippen LogP contribution >= 0.6 is 0 Å². The topological polar surface area (TPSA) is 104 Å². The third kappa shape index (κ3) is 5.65. The molecule has 0 aliphatic rings. The van der Waals surface area contributed by atoms with Crippen LogP contribution in [0.15, 0.2) is 72.9 Å². The second kappa shape index (κ2) is 10.6. The summed E-state index contributed by atoms with van der Waals surface area (Å²) < 4.78 is 39.9. The zero-order valence-electron chi connectivity index (χ0n) is 19.6. The van der Waals surface area contributed by atoms with Gasteiger partial charge in [-0.05, 0) is 53.9 Å². The summed E-state index contributed by atoms with van der Waals surface area (Å²) in [5.74, 6) is 0.728. The standard InChI is InChI=1S/C27H27N3O4S/c1-3-34-26-12-11-21(14-27(26)33-2)23(24-16-29-25-10-5-4-9-22(24)25)17-30-35(31,32)18-20-8-6-7-19(13-20)15-28/h4-14,16,23,29-30H,3,17-18H2,1-2H3. The lowest BCUT2D eigenvalue weighted by Crippen LogP contribution is -2.30. The number of nitrogens with one attached hydrogen (secondary N) is 2. The Morgan fingerprint density at radius 2 is 1.89 bits per heavy atom. The number of nitriles is 1. The fraction of sp³-hybridized carbons (Fsp3) is 0.222. The Bertz CT molecular complexity index is 1470. The Kier molecular flexibility index (Phi) is 7.39. The van der Waals surface area contributed by atoms with E-state index in [9.17, 15) is 8.42 Å². The van der Waals surface area contributed by atoms with Gasteiger partial charge >= 0.3 is 0 Å². The number of benzene rings is 3. The van der Waals surface area contributed by atoms with Crippen molar-refractivity contribution in [3.05, 3.63) is 95.2 Å². The molecule has 0 aliphatic heterocycles. The molecule has 3 aromatic carbocycles. The van der Waals surface area contributed by atoms with Crippen LogP contribution in [0.3, 0.4) is 0 Å². The van der Waals surface area contributed by atoms with Gasteiger partial charge in [-0.15, -0.1) is 0 Å². The molecule has 8 heteroatoms. The first-order chi connectivity index (χ1) is 16.9. The minimum atomic E-state index is -3.67. The summed E-state index contributed by atoms with van der Waals surface area (Å²) in [6.45, 7) is 2.57. The third-order valence-electron chi connectivity index (χ3n) is 5.81. The monoisotopic (exact) mass is 489 g/mol. The van der Waals surface area contributed by atoms with Gasteiger partial charge < -0.3 is 14.5 Å². The van der Waals surface area contributed by atoms with Crippen LogP contribution in [-0.4, -0.2) is 33.7 Å². The number of nitrogens with zero attached hydrogens (tertiary/aromatic N) is 1. The summed E-state index contributed by atoms with van der Waals surface area (Å²) in [4.78, 5) is 3.28. The molecule has 180 valence electrons. The van der Waals surface area contributed by atoms with Crippen molar-refractivity contribution in [2.45, 2.75) is 18.6 Å². The number of hydrogen-bond acceptors (Lipinski definition) is 5. The van der Waals surface area contributed by atoms with Crippen LogP contribution in [0.2, 0.25) is 0 Å². The summed E-state index contributed by atoms with van der Waals surface area (Å²) in [6.07, 6.45) is 1.92. The molecule has 0 fully saturated rings. The predicted octanol–water partition coefficient (Wildman–Crippen LogP) is 4.70. The van der Waals surface area contributed by atoms with Crippen molar-refractivity contribution in [3.8, 4) is 17.6 Å². The second-order valence-electron chi connectivity index (χ2n) is 8.11. The normalized spacial score (nSPS) is 12.3. The number of H-pyrrole nitrogens is 1. The Labute approximate surface area is 205 Å². The molecule has 0 aliphatic carbocycles. The van der Waals surface area contributed by atoms with Crippen molar-refractivity contribution in [2.75, 3.05) is 20.3 Å². The maximum Gasteiger partial charge on any atom is 0.215 e. The molecule has 0 amide bonds. The van der Waals surface area contributed by atoms with Crippen LogP contribution in [0.1, 0.15) is 35.1 Å². The van der Waals surface area contributed by atoms with Gasteiger partial charge in [0.15, 0.2) is 11.5 Å². The molecule has 0 saturated carbocycles. The molecule has 1 aromatic heterocycles. The molecule has 1 heterocycles. The highest BCUT2D eigenvalue weighted by molar-refractivity contribution is 7.88. The molecular weight excluding hydrogens is 462 g/mol. The maximum atomic E-state index is 13.0.